The van der Waals surface area contributed by atoms with Gasteiger partial charge in [-0.1, -0.05) is 6.58 Å². The number of hydrogen-bond donors (Lipinski definition) is 3. The van der Waals surface area contributed by atoms with Crippen molar-refractivity contribution >= 4 is 0 Å². The van der Waals surface area contributed by atoms with Crippen LogP contribution in [0.5, 0.6) is 0 Å². The monoisotopic (exact) mass is 490 g/mol. The highest BCUT2D eigenvalue weighted by atomic mass is 16.6. The molecule has 0 amide bonds. The van der Waals surface area contributed by atoms with Gasteiger partial charge in [-0.05, 0) is 68.0 Å². The van der Waals surface area contributed by atoms with Crippen molar-refractivity contribution in [3.8, 4) is 0 Å². The molecule has 0 aromatic carbocycles. The highest BCUT2D eigenvalue weighted by molar-refractivity contribution is 5.20. The maximum Gasteiger partial charge on any atom is 0.177 e. The second kappa shape index (κ2) is 13.5. The standard InChI is InChI=1S/C26H36NO8/c1-3-27(31)16-19(25(28)29)12-14-33-21-8-10-22(11-9-21)35-18(2)5-4-13-32-23-7-6-20-17-34-26(30)24(20)15-23/h3-4,8,10-15,18-21,23,25-26,28-30H,1,5-7,9,16-17H2,2H3/q-1/b13-4+,14-12+/t18?,19?,20?,21?,23?,26-/m1/s1. The Balaban J connectivity index is 1.34. The first kappa shape index (κ1) is 27.0. The quantitative estimate of drug-likeness (QED) is 0.155. The third kappa shape index (κ3) is 8.55. The van der Waals surface area contributed by atoms with Gasteiger partial charge in [0.1, 0.15) is 18.0 Å². The highest BCUT2D eigenvalue weighted by Crippen LogP contribution is 2.34. The second-order valence-electron chi connectivity index (χ2n) is 8.90. The van der Waals surface area contributed by atoms with Gasteiger partial charge in [-0.3, -0.25) is 0 Å². The number of nitrogens with zero attached hydrogens (tertiary/aromatic N) is 1. The Labute approximate surface area is 206 Å². The van der Waals surface area contributed by atoms with E-state index in [2.05, 4.69) is 6.58 Å². The number of aliphatic hydroxyl groups is 3. The van der Waals surface area contributed by atoms with E-state index in [1.807, 2.05) is 37.3 Å². The molecule has 5 unspecified atom stereocenters. The molecule has 0 aromatic heterocycles. The summed E-state index contributed by atoms with van der Waals surface area (Å²) in [4.78, 5) is 0. The van der Waals surface area contributed by atoms with E-state index in [0.717, 1.165) is 30.4 Å². The van der Waals surface area contributed by atoms with E-state index in [-0.39, 0.29) is 24.9 Å². The molecule has 3 aliphatic rings. The van der Waals surface area contributed by atoms with E-state index in [1.54, 1.807) is 6.26 Å². The number of hydrogen-bond acceptors (Lipinski definition) is 9. The summed E-state index contributed by atoms with van der Waals surface area (Å²) >= 11 is 0. The first-order valence-corrected chi connectivity index (χ1v) is 12.0. The lowest BCUT2D eigenvalue weighted by Crippen LogP contribution is -2.28. The van der Waals surface area contributed by atoms with E-state index in [4.69, 9.17) is 18.9 Å². The van der Waals surface area contributed by atoms with Crippen molar-refractivity contribution in [3.05, 3.63) is 78.3 Å². The topological polar surface area (TPSA) is 124 Å². The van der Waals surface area contributed by atoms with Gasteiger partial charge in [-0.25, -0.2) is 0 Å². The molecule has 1 fully saturated rings. The number of ether oxygens (including phenoxy) is 4. The summed E-state index contributed by atoms with van der Waals surface area (Å²) in [6.45, 7) is 5.78. The summed E-state index contributed by atoms with van der Waals surface area (Å²) in [5, 5.41) is 40.5. The van der Waals surface area contributed by atoms with Gasteiger partial charge in [-0.15, -0.1) is 0 Å². The average Bonchev–Trinajstić information content (AvgIpc) is 3.22. The van der Waals surface area contributed by atoms with Crippen LogP contribution in [-0.4, -0.2) is 64.4 Å². The Bertz CT molecular complexity index is 833. The van der Waals surface area contributed by atoms with Crippen LogP contribution in [0.2, 0.25) is 0 Å². The minimum Gasteiger partial charge on any atom is -0.759 e. The lowest BCUT2D eigenvalue weighted by Gasteiger charge is -2.30. The SMILES string of the molecule is C=CN([O-])CC(/C=C/OC1C=CC(OC(C)C/C=C/OC2C=C3C(CC2)CO[C@H]3O)=CC1)C(O)O. The van der Waals surface area contributed by atoms with Crippen LogP contribution in [-0.2, 0) is 18.9 Å². The van der Waals surface area contributed by atoms with Crippen LogP contribution in [0.3, 0.4) is 0 Å². The van der Waals surface area contributed by atoms with Gasteiger partial charge in [0.15, 0.2) is 12.6 Å². The van der Waals surface area contributed by atoms with Crippen molar-refractivity contribution in [1.82, 2.24) is 5.06 Å². The largest absolute Gasteiger partial charge is 0.759 e. The number of aliphatic hydroxyl groups excluding tert-OH is 2. The third-order valence-corrected chi connectivity index (χ3v) is 6.13. The molecular formula is C26H36NO8-. The number of rotatable bonds is 13. The molecule has 3 N–H and O–H groups in total. The first-order valence-electron chi connectivity index (χ1n) is 12.0. The summed E-state index contributed by atoms with van der Waals surface area (Å²) in [5.74, 6) is 0.281. The van der Waals surface area contributed by atoms with Crippen LogP contribution in [0.15, 0.2) is 73.1 Å². The summed E-state index contributed by atoms with van der Waals surface area (Å²) in [7, 11) is 0. The molecule has 194 valence electrons. The van der Waals surface area contributed by atoms with Crippen molar-refractivity contribution in [2.45, 2.75) is 63.5 Å². The zero-order valence-electron chi connectivity index (χ0n) is 20.0. The van der Waals surface area contributed by atoms with Crippen molar-refractivity contribution in [2.75, 3.05) is 13.2 Å². The molecular weight excluding hydrogens is 454 g/mol. The van der Waals surface area contributed by atoms with Crippen LogP contribution >= 0.6 is 0 Å². The zero-order valence-corrected chi connectivity index (χ0v) is 20.0. The molecule has 2 aliphatic carbocycles. The van der Waals surface area contributed by atoms with Crippen LogP contribution in [0.25, 0.3) is 0 Å². The van der Waals surface area contributed by atoms with Gasteiger partial charge in [0.25, 0.3) is 0 Å². The molecule has 0 bridgehead atoms. The maximum absolute atomic E-state index is 11.4. The Morgan fingerprint density at radius 1 is 1.26 bits per heavy atom. The van der Waals surface area contributed by atoms with Gasteiger partial charge < -0.3 is 44.5 Å². The lowest BCUT2D eigenvalue weighted by molar-refractivity contribution is -0.0733. The van der Waals surface area contributed by atoms with Crippen LogP contribution in [0.1, 0.15) is 32.6 Å². The molecule has 1 saturated heterocycles. The van der Waals surface area contributed by atoms with Crippen molar-refractivity contribution in [1.29, 1.82) is 0 Å². The van der Waals surface area contributed by atoms with Crippen molar-refractivity contribution in [3.63, 3.8) is 0 Å². The Morgan fingerprint density at radius 2 is 2.06 bits per heavy atom. The van der Waals surface area contributed by atoms with E-state index in [9.17, 15) is 20.5 Å². The Hall–Kier alpha value is -2.56. The van der Waals surface area contributed by atoms with E-state index < -0.39 is 18.5 Å². The highest BCUT2D eigenvalue weighted by Gasteiger charge is 2.34. The first-order chi connectivity index (χ1) is 16.9. The molecule has 6 atom stereocenters. The predicted molar refractivity (Wildman–Crippen MR) is 130 cm³/mol. The minimum absolute atomic E-state index is 0.0443. The molecule has 3 rings (SSSR count). The van der Waals surface area contributed by atoms with Crippen LogP contribution in [0, 0.1) is 17.0 Å². The summed E-state index contributed by atoms with van der Waals surface area (Å²) in [6.07, 6.45) is 15.5. The molecule has 1 heterocycles. The number of hydroxylamine groups is 2. The number of allylic oxidation sites excluding steroid dienone is 1. The van der Waals surface area contributed by atoms with Crippen LogP contribution in [0.4, 0.5) is 0 Å². The minimum atomic E-state index is -1.67. The Kier molecular flexibility index (Phi) is 10.4. The van der Waals surface area contributed by atoms with Gasteiger partial charge in [0.2, 0.25) is 0 Å². The van der Waals surface area contributed by atoms with E-state index in [1.165, 1.54) is 12.3 Å². The number of fused-ring (bicyclic) bond motifs is 1. The molecule has 9 heteroatoms. The molecule has 0 radical (unpaired) electrons. The lowest BCUT2D eigenvalue weighted by atomic mass is 9.88. The average molecular weight is 491 g/mol. The van der Waals surface area contributed by atoms with E-state index >= 15 is 0 Å². The smallest absolute Gasteiger partial charge is 0.177 e. The normalized spacial score (nSPS) is 27.9. The summed E-state index contributed by atoms with van der Waals surface area (Å²) in [6, 6.07) is 0. The molecule has 9 nitrogen and oxygen atoms in total. The molecule has 1 aliphatic heterocycles. The molecule has 0 saturated carbocycles. The van der Waals surface area contributed by atoms with E-state index in [0.29, 0.717) is 30.4 Å². The molecule has 0 spiro atoms. The van der Waals surface area contributed by atoms with Gasteiger partial charge >= 0.3 is 0 Å². The molecule has 35 heavy (non-hydrogen) atoms. The molecule has 0 aromatic rings. The van der Waals surface area contributed by atoms with Gasteiger partial charge in [0, 0.05) is 31.2 Å². The fraction of sp³-hybridized carbons (Fsp3) is 0.538. The third-order valence-electron chi connectivity index (χ3n) is 6.13. The van der Waals surface area contributed by atoms with Crippen LogP contribution < -0.4 is 0 Å². The fourth-order valence-electron chi connectivity index (χ4n) is 4.08. The van der Waals surface area contributed by atoms with Crippen molar-refractivity contribution < 1.29 is 34.3 Å². The predicted octanol–water partition coefficient (Wildman–Crippen LogP) is 2.98. The fourth-order valence-corrected chi connectivity index (χ4v) is 4.08. The summed E-state index contributed by atoms with van der Waals surface area (Å²) < 4.78 is 22.6. The van der Waals surface area contributed by atoms with Crippen molar-refractivity contribution in [2.24, 2.45) is 11.8 Å². The zero-order chi connectivity index (χ0) is 25.2. The maximum atomic E-state index is 11.4. The Morgan fingerprint density at radius 3 is 2.77 bits per heavy atom. The summed E-state index contributed by atoms with van der Waals surface area (Å²) in [5.41, 5.74) is 0.938. The van der Waals surface area contributed by atoms with Gasteiger partial charge in [-0.2, -0.15) is 0 Å². The second-order valence-corrected chi connectivity index (χ2v) is 8.90. The van der Waals surface area contributed by atoms with Gasteiger partial charge in [0.05, 0.1) is 25.2 Å².